The lowest BCUT2D eigenvalue weighted by molar-refractivity contribution is -0.385. The van der Waals surface area contributed by atoms with E-state index in [9.17, 15) is 27.7 Å². The van der Waals surface area contributed by atoms with Gasteiger partial charge >= 0.3 is 0 Å². The predicted molar refractivity (Wildman–Crippen MR) is 141 cm³/mol. The van der Waals surface area contributed by atoms with Crippen LogP contribution in [-0.4, -0.2) is 35.1 Å². The number of sulfonamides is 1. The summed E-state index contributed by atoms with van der Waals surface area (Å²) < 4.78 is 55.1. The topological polar surface area (TPSA) is 159 Å². The molecule has 1 atom stereocenters. The van der Waals surface area contributed by atoms with Gasteiger partial charge in [-0.05, 0) is 62.7 Å². The molecule has 0 saturated carbocycles. The van der Waals surface area contributed by atoms with Gasteiger partial charge in [0.05, 0.1) is 23.4 Å². The molecule has 4 aromatic rings. The Bertz CT molecular complexity index is 1630. The number of non-ortho nitro benzene ring substituents is 1. The van der Waals surface area contributed by atoms with Crippen molar-refractivity contribution in [2.75, 3.05) is 0 Å². The molecule has 4 rings (SSSR count). The Kier molecular flexibility index (Phi) is 8.30. The zero-order valence-electron chi connectivity index (χ0n) is 21.8. The molecule has 0 fully saturated rings. The minimum absolute atomic E-state index is 0.0464. The first-order valence-corrected chi connectivity index (χ1v) is 13.6. The molecule has 2 heterocycles. The van der Waals surface area contributed by atoms with Gasteiger partial charge in [-0.15, -0.1) is 0 Å². The fraction of sp³-hybridized carbons (Fsp3) is 0.231. The lowest BCUT2D eigenvalue weighted by Gasteiger charge is -2.16. The summed E-state index contributed by atoms with van der Waals surface area (Å²) in [7, 11) is -4.27. The maximum Gasteiger partial charge on any atom is 0.272 e. The number of carbonyl (C=O) groups is 1. The third-order valence-corrected chi connectivity index (χ3v) is 7.57. The van der Waals surface area contributed by atoms with E-state index in [2.05, 4.69) is 15.1 Å². The minimum Gasteiger partial charge on any atom is -0.467 e. The Balaban J connectivity index is 1.81. The summed E-state index contributed by atoms with van der Waals surface area (Å²) in [6.45, 7) is 5.05. The van der Waals surface area contributed by atoms with E-state index < -0.39 is 43.3 Å². The first-order valence-electron chi connectivity index (χ1n) is 12.1. The van der Waals surface area contributed by atoms with Crippen LogP contribution >= 0.6 is 0 Å². The third-order valence-electron chi connectivity index (χ3n) is 5.96. The van der Waals surface area contributed by atoms with Crippen LogP contribution in [0.4, 0.5) is 10.1 Å². The number of furan rings is 1. The second kappa shape index (κ2) is 11.7. The molecule has 0 bridgehead atoms. The number of nitro groups is 1. The molecule has 14 heteroatoms. The highest BCUT2D eigenvalue weighted by atomic mass is 32.2. The molecule has 0 saturated heterocycles. The van der Waals surface area contributed by atoms with Crippen molar-refractivity contribution in [3.05, 3.63) is 93.8 Å². The van der Waals surface area contributed by atoms with Crippen molar-refractivity contribution in [3.8, 4) is 17.3 Å². The highest BCUT2D eigenvalue weighted by Crippen LogP contribution is 2.36. The first-order chi connectivity index (χ1) is 19.0. The van der Waals surface area contributed by atoms with Crippen LogP contribution in [0.5, 0.6) is 11.6 Å². The summed E-state index contributed by atoms with van der Waals surface area (Å²) in [5, 5.41) is 18.5. The molecule has 0 radical (unpaired) electrons. The van der Waals surface area contributed by atoms with Gasteiger partial charge < -0.3 is 14.5 Å². The molecular weight excluding hydrogens is 545 g/mol. The predicted octanol–water partition coefficient (Wildman–Crippen LogP) is 4.62. The molecule has 40 heavy (non-hydrogen) atoms. The van der Waals surface area contributed by atoms with Crippen molar-refractivity contribution in [2.45, 2.75) is 44.7 Å². The molecule has 1 amide bonds. The molecule has 0 aliphatic rings. The number of carbonyl (C=O) groups excluding carboxylic acids is 1. The Labute approximate surface area is 229 Å². The third kappa shape index (κ3) is 6.18. The van der Waals surface area contributed by atoms with E-state index in [1.165, 1.54) is 35.2 Å². The number of ether oxygens (including phenoxy) is 1. The number of benzene rings is 2. The standard InChI is InChI=1S/C26H26FN5O7S/c1-4-16(2)30-40(36,37)23-14-20(32(34)35)11-12-22(23)39-26-17(3)24(25(33)28-15-21-6-5-13-38-21)29-31(26)19-9-7-18(27)8-10-19/h5-14,16,30H,4,15H2,1-3H3,(H,28,33)/t16-/m0/s1. The summed E-state index contributed by atoms with van der Waals surface area (Å²) >= 11 is 0. The zero-order valence-corrected chi connectivity index (χ0v) is 22.6. The van der Waals surface area contributed by atoms with Crippen molar-refractivity contribution in [3.63, 3.8) is 0 Å². The quantitative estimate of drug-likeness (QED) is 0.195. The fourth-order valence-electron chi connectivity index (χ4n) is 3.66. The lowest BCUT2D eigenvalue weighted by atomic mass is 10.2. The average molecular weight is 572 g/mol. The van der Waals surface area contributed by atoms with E-state index >= 15 is 0 Å². The van der Waals surface area contributed by atoms with Crippen LogP contribution in [0.3, 0.4) is 0 Å². The van der Waals surface area contributed by atoms with Gasteiger partial charge in [0.1, 0.15) is 22.2 Å². The van der Waals surface area contributed by atoms with Crippen molar-refractivity contribution in [2.24, 2.45) is 0 Å². The summed E-state index contributed by atoms with van der Waals surface area (Å²) in [5.74, 6) is -0.866. The van der Waals surface area contributed by atoms with Gasteiger partial charge in [0.2, 0.25) is 15.9 Å². The van der Waals surface area contributed by atoms with E-state index in [1.54, 1.807) is 32.9 Å². The highest BCUT2D eigenvalue weighted by Gasteiger charge is 2.28. The Morgan fingerprint density at radius 2 is 1.95 bits per heavy atom. The number of aromatic nitrogens is 2. The Morgan fingerprint density at radius 3 is 2.58 bits per heavy atom. The van der Waals surface area contributed by atoms with Crippen molar-refractivity contribution in [1.82, 2.24) is 19.8 Å². The summed E-state index contributed by atoms with van der Waals surface area (Å²) in [4.78, 5) is 23.3. The van der Waals surface area contributed by atoms with E-state index in [0.29, 0.717) is 17.9 Å². The maximum atomic E-state index is 13.7. The molecule has 2 N–H and O–H groups in total. The van der Waals surface area contributed by atoms with E-state index in [0.717, 1.165) is 18.2 Å². The number of hydrogen-bond acceptors (Lipinski definition) is 8. The largest absolute Gasteiger partial charge is 0.467 e. The van der Waals surface area contributed by atoms with Crippen molar-refractivity contribution < 1.29 is 31.7 Å². The normalized spacial score (nSPS) is 12.2. The Morgan fingerprint density at radius 1 is 1.23 bits per heavy atom. The molecule has 0 aliphatic carbocycles. The maximum absolute atomic E-state index is 13.7. The van der Waals surface area contributed by atoms with Gasteiger partial charge in [0.15, 0.2) is 5.69 Å². The molecule has 0 spiro atoms. The van der Waals surface area contributed by atoms with Crippen molar-refractivity contribution in [1.29, 1.82) is 0 Å². The van der Waals surface area contributed by atoms with Crippen LogP contribution in [0.1, 0.15) is 42.1 Å². The van der Waals surface area contributed by atoms with Crippen LogP contribution in [0.25, 0.3) is 5.69 Å². The van der Waals surface area contributed by atoms with Crippen LogP contribution < -0.4 is 14.8 Å². The monoisotopic (exact) mass is 571 g/mol. The van der Waals surface area contributed by atoms with E-state index in [4.69, 9.17) is 9.15 Å². The smallest absolute Gasteiger partial charge is 0.272 e. The van der Waals surface area contributed by atoms with Gasteiger partial charge in [-0.1, -0.05) is 6.92 Å². The second-order valence-corrected chi connectivity index (χ2v) is 10.5. The number of amides is 1. The van der Waals surface area contributed by atoms with Crippen molar-refractivity contribution >= 4 is 21.6 Å². The molecule has 210 valence electrons. The van der Waals surface area contributed by atoms with Crippen LogP contribution in [0.15, 0.2) is 70.2 Å². The molecule has 12 nitrogen and oxygen atoms in total. The van der Waals surface area contributed by atoms with Gasteiger partial charge in [-0.3, -0.25) is 14.9 Å². The number of halogens is 1. The van der Waals surface area contributed by atoms with E-state index in [-0.39, 0.29) is 29.4 Å². The van der Waals surface area contributed by atoms with Crippen LogP contribution in [0, 0.1) is 22.9 Å². The molecular formula is C26H26FN5O7S. The number of nitrogens with one attached hydrogen (secondary N) is 2. The molecule has 0 aliphatic heterocycles. The Hall–Kier alpha value is -4.56. The summed E-state index contributed by atoms with van der Waals surface area (Å²) in [6.07, 6.45) is 1.94. The second-order valence-electron chi connectivity index (χ2n) is 8.85. The van der Waals surface area contributed by atoms with Crippen LogP contribution in [0.2, 0.25) is 0 Å². The SMILES string of the molecule is CC[C@H](C)NS(=O)(=O)c1cc([N+](=O)[O-])ccc1Oc1c(C)c(C(=O)NCc2ccco2)nn1-c1ccc(F)cc1. The van der Waals surface area contributed by atoms with Gasteiger partial charge in [0.25, 0.3) is 11.6 Å². The van der Waals surface area contributed by atoms with Crippen LogP contribution in [-0.2, 0) is 16.6 Å². The molecule has 2 aromatic carbocycles. The lowest BCUT2D eigenvalue weighted by Crippen LogP contribution is -2.32. The highest BCUT2D eigenvalue weighted by molar-refractivity contribution is 7.89. The van der Waals surface area contributed by atoms with Gasteiger partial charge in [-0.2, -0.15) is 9.78 Å². The number of nitro benzene ring substituents is 1. The minimum atomic E-state index is -4.27. The van der Waals surface area contributed by atoms with Gasteiger partial charge in [-0.25, -0.2) is 17.5 Å². The number of rotatable bonds is 11. The zero-order chi connectivity index (χ0) is 29.0. The molecule has 0 unspecified atom stereocenters. The first kappa shape index (κ1) is 28.4. The van der Waals surface area contributed by atoms with E-state index in [1.807, 2.05) is 0 Å². The number of hydrogen-bond donors (Lipinski definition) is 2. The number of nitrogens with zero attached hydrogens (tertiary/aromatic N) is 3. The summed E-state index contributed by atoms with van der Waals surface area (Å²) in [6, 6.07) is 11.2. The summed E-state index contributed by atoms with van der Waals surface area (Å²) in [5.41, 5.74) is 0.0417. The average Bonchev–Trinajstić information content (AvgIpc) is 3.56. The fourth-order valence-corrected chi connectivity index (χ4v) is 5.13. The van der Waals surface area contributed by atoms with Gasteiger partial charge in [0, 0.05) is 23.7 Å². The molecule has 2 aromatic heterocycles.